The molecule has 2 heterocycles. The van der Waals surface area contributed by atoms with Crippen LogP contribution in [0.15, 0.2) is 72.8 Å². The first-order chi connectivity index (χ1) is 20.9. The topological polar surface area (TPSA) is 79.4 Å². The first-order valence-electron chi connectivity index (χ1n) is 14.3. The Balaban J connectivity index is 1.44. The van der Waals surface area contributed by atoms with Gasteiger partial charge in [0.15, 0.2) is 0 Å². The fraction of sp³-hybridized carbons (Fsp3) is 0.364. The van der Waals surface area contributed by atoms with Crippen molar-refractivity contribution in [3.63, 3.8) is 0 Å². The number of alkyl halides is 3. The molecular weight excluding hydrogens is 575 g/mol. The van der Waals surface area contributed by atoms with Gasteiger partial charge in [-0.2, -0.15) is 13.2 Å². The van der Waals surface area contributed by atoms with E-state index in [2.05, 4.69) is 0 Å². The maximum absolute atomic E-state index is 13.9. The lowest BCUT2D eigenvalue weighted by Crippen LogP contribution is -2.72. The molecule has 0 radical (unpaired) electrons. The second-order valence-corrected chi connectivity index (χ2v) is 11.2. The molecule has 44 heavy (non-hydrogen) atoms. The highest BCUT2D eigenvalue weighted by molar-refractivity contribution is 5.90. The number of hydrogen-bond donors (Lipinski definition) is 0. The molecule has 8 nitrogen and oxygen atoms in total. The number of carbonyl (C=O) groups is 3. The highest BCUT2D eigenvalue weighted by Crippen LogP contribution is 2.33. The van der Waals surface area contributed by atoms with Crippen LogP contribution in [0.3, 0.4) is 0 Å². The summed E-state index contributed by atoms with van der Waals surface area (Å²) in [5.74, 6) is 0.169. The van der Waals surface area contributed by atoms with Crippen LogP contribution in [0.1, 0.15) is 41.2 Å². The van der Waals surface area contributed by atoms with Crippen molar-refractivity contribution < 1.29 is 37.0 Å². The van der Waals surface area contributed by atoms with Crippen LogP contribution in [0, 0.1) is 6.92 Å². The lowest BCUT2D eigenvalue weighted by Gasteiger charge is -2.53. The third kappa shape index (κ3) is 6.66. The fourth-order valence-corrected chi connectivity index (χ4v) is 6.02. The van der Waals surface area contributed by atoms with Crippen LogP contribution in [-0.4, -0.2) is 64.5 Å². The second kappa shape index (κ2) is 12.6. The van der Waals surface area contributed by atoms with Crippen molar-refractivity contribution in [2.75, 3.05) is 13.7 Å². The average molecular weight is 610 g/mol. The number of amides is 3. The average Bonchev–Trinajstić information content (AvgIpc) is 2.98. The van der Waals surface area contributed by atoms with E-state index in [-0.39, 0.29) is 43.5 Å². The van der Waals surface area contributed by atoms with Crippen LogP contribution in [-0.2, 0) is 40.1 Å². The maximum Gasteiger partial charge on any atom is 0.416 e. The first kappa shape index (κ1) is 30.9. The normalized spacial score (nSPS) is 20.4. The second-order valence-electron chi connectivity index (χ2n) is 11.2. The molecule has 5 rings (SSSR count). The Bertz CT molecular complexity index is 1510. The van der Waals surface area contributed by atoms with E-state index in [1.165, 1.54) is 15.9 Å². The molecule has 3 amide bonds. The van der Waals surface area contributed by atoms with Crippen LogP contribution in [0.5, 0.6) is 5.75 Å². The summed E-state index contributed by atoms with van der Waals surface area (Å²) in [5, 5.41) is 0. The minimum absolute atomic E-state index is 0.0285. The Kier molecular flexibility index (Phi) is 8.85. The number of piperazine rings is 1. The summed E-state index contributed by atoms with van der Waals surface area (Å²) >= 11 is 0. The van der Waals surface area contributed by atoms with Gasteiger partial charge in [0, 0.05) is 19.0 Å². The van der Waals surface area contributed by atoms with Crippen LogP contribution in [0.25, 0.3) is 0 Å². The lowest BCUT2D eigenvalue weighted by molar-refractivity contribution is -0.171. The summed E-state index contributed by atoms with van der Waals surface area (Å²) < 4.78 is 51.2. The molecule has 3 aromatic carbocycles. The van der Waals surface area contributed by atoms with Gasteiger partial charge in [-0.3, -0.25) is 14.5 Å². The van der Waals surface area contributed by atoms with Gasteiger partial charge < -0.3 is 19.3 Å². The minimum atomic E-state index is -4.54. The smallest absolute Gasteiger partial charge is 0.416 e. The van der Waals surface area contributed by atoms with Crippen molar-refractivity contribution in [1.82, 2.24) is 14.7 Å². The van der Waals surface area contributed by atoms with Crippen LogP contribution >= 0.6 is 0 Å². The van der Waals surface area contributed by atoms with Gasteiger partial charge in [-0.15, -0.1) is 0 Å². The molecule has 2 saturated heterocycles. The SMILES string of the molecule is COc1ccc(CN2CC3N(C(=O)OCc4cc(C)cc(C(F)(F)F)c4)C(Cc4ccccc4)CC(=O)N3[C@@H](C)C2=O)cc1. The molecule has 0 aliphatic carbocycles. The van der Waals surface area contributed by atoms with Crippen molar-refractivity contribution in [2.45, 2.75) is 64.3 Å². The third-order valence-corrected chi connectivity index (χ3v) is 8.09. The summed E-state index contributed by atoms with van der Waals surface area (Å²) in [6.07, 6.45) is -5.81. The van der Waals surface area contributed by atoms with Crippen molar-refractivity contribution >= 4 is 17.9 Å². The lowest BCUT2D eigenvalue weighted by atomic mass is 9.95. The van der Waals surface area contributed by atoms with Gasteiger partial charge in [-0.25, -0.2) is 4.79 Å². The number of hydrogen-bond acceptors (Lipinski definition) is 5. The molecule has 2 unspecified atom stereocenters. The van der Waals surface area contributed by atoms with Gasteiger partial charge in [0.25, 0.3) is 0 Å². The number of nitrogens with zero attached hydrogens (tertiary/aromatic N) is 3. The number of halogens is 3. The first-order valence-corrected chi connectivity index (χ1v) is 14.3. The number of benzene rings is 3. The summed E-state index contributed by atoms with van der Waals surface area (Å²) in [7, 11) is 1.56. The van der Waals surface area contributed by atoms with E-state index in [9.17, 15) is 27.6 Å². The van der Waals surface area contributed by atoms with Gasteiger partial charge in [0.1, 0.15) is 24.6 Å². The van der Waals surface area contributed by atoms with Crippen molar-refractivity contribution in [2.24, 2.45) is 0 Å². The molecule has 2 aliphatic rings. The van der Waals surface area contributed by atoms with E-state index in [0.717, 1.165) is 23.3 Å². The molecule has 2 aliphatic heterocycles. The Morgan fingerprint density at radius 2 is 1.66 bits per heavy atom. The number of ether oxygens (including phenoxy) is 2. The number of fused-ring (bicyclic) bond motifs is 1. The van der Waals surface area contributed by atoms with Gasteiger partial charge in [0.05, 0.1) is 19.2 Å². The highest BCUT2D eigenvalue weighted by atomic mass is 19.4. The molecular formula is C33H34F3N3O5. The number of carbonyl (C=O) groups excluding carboxylic acids is 3. The van der Waals surface area contributed by atoms with E-state index in [1.54, 1.807) is 38.0 Å². The van der Waals surface area contributed by atoms with Crippen molar-refractivity contribution in [3.8, 4) is 5.75 Å². The zero-order valence-electron chi connectivity index (χ0n) is 24.7. The largest absolute Gasteiger partial charge is 0.497 e. The number of aryl methyl sites for hydroxylation is 1. The van der Waals surface area contributed by atoms with Gasteiger partial charge in [-0.1, -0.05) is 54.1 Å². The Morgan fingerprint density at radius 3 is 2.32 bits per heavy atom. The summed E-state index contributed by atoms with van der Waals surface area (Å²) in [6, 6.07) is 18.8. The molecule has 232 valence electrons. The Labute approximate surface area is 253 Å². The van der Waals surface area contributed by atoms with Crippen LogP contribution < -0.4 is 4.74 Å². The predicted molar refractivity (Wildman–Crippen MR) is 155 cm³/mol. The maximum atomic E-state index is 13.9. The van der Waals surface area contributed by atoms with Gasteiger partial charge >= 0.3 is 12.3 Å². The predicted octanol–water partition coefficient (Wildman–Crippen LogP) is 5.56. The molecule has 0 N–H and O–H groups in total. The molecule has 3 aromatic rings. The van der Waals surface area contributed by atoms with Gasteiger partial charge in [0.2, 0.25) is 11.8 Å². The third-order valence-electron chi connectivity index (χ3n) is 8.09. The quantitative estimate of drug-likeness (QED) is 0.351. The summed E-state index contributed by atoms with van der Waals surface area (Å²) in [5.41, 5.74) is 1.51. The Morgan fingerprint density at radius 1 is 0.955 bits per heavy atom. The fourth-order valence-electron chi connectivity index (χ4n) is 6.02. The van der Waals surface area contributed by atoms with E-state index < -0.39 is 36.1 Å². The standard InChI is InChI=1S/C33H34F3N3O5/c1-21-13-25(15-26(14-21)33(34,35)36)20-44-32(42)39-27(16-23-7-5-4-6-8-23)17-30(40)38-22(2)31(41)37(19-29(38)39)18-24-9-11-28(43-3)12-10-24/h4-15,22,27,29H,16-20H2,1-3H3/t22-,27?,29?/m0/s1. The zero-order valence-corrected chi connectivity index (χ0v) is 24.7. The molecule has 2 fully saturated rings. The molecule has 0 aromatic heterocycles. The summed E-state index contributed by atoms with van der Waals surface area (Å²) in [6.45, 7) is 3.09. The van der Waals surface area contributed by atoms with E-state index in [1.807, 2.05) is 42.5 Å². The summed E-state index contributed by atoms with van der Waals surface area (Å²) in [4.78, 5) is 45.3. The van der Waals surface area contributed by atoms with Crippen LogP contribution in [0.4, 0.5) is 18.0 Å². The minimum Gasteiger partial charge on any atom is -0.497 e. The van der Waals surface area contributed by atoms with Gasteiger partial charge in [-0.05, 0) is 61.2 Å². The number of rotatable bonds is 7. The molecule has 0 bridgehead atoms. The van der Waals surface area contributed by atoms with E-state index >= 15 is 0 Å². The van der Waals surface area contributed by atoms with E-state index in [4.69, 9.17) is 9.47 Å². The zero-order chi connectivity index (χ0) is 31.6. The van der Waals surface area contributed by atoms with Crippen LogP contribution in [0.2, 0.25) is 0 Å². The molecule has 11 heteroatoms. The van der Waals surface area contributed by atoms with Crippen molar-refractivity contribution in [3.05, 3.63) is 101 Å². The Hall–Kier alpha value is -4.54. The molecule has 3 atom stereocenters. The monoisotopic (exact) mass is 609 g/mol. The molecule has 0 spiro atoms. The number of methoxy groups -OCH3 is 1. The molecule has 0 saturated carbocycles. The van der Waals surface area contributed by atoms with Crippen molar-refractivity contribution in [1.29, 1.82) is 0 Å². The highest BCUT2D eigenvalue weighted by Gasteiger charge is 2.50. The van der Waals surface area contributed by atoms with E-state index in [0.29, 0.717) is 17.7 Å².